The van der Waals surface area contributed by atoms with Gasteiger partial charge in [0.1, 0.15) is 0 Å². The van der Waals surface area contributed by atoms with E-state index in [-0.39, 0.29) is 0 Å². The molecule has 0 unspecified atom stereocenters. The molecule has 0 bridgehead atoms. The second kappa shape index (κ2) is 4.94. The summed E-state index contributed by atoms with van der Waals surface area (Å²) in [7, 11) is 0. The summed E-state index contributed by atoms with van der Waals surface area (Å²) >= 11 is 4.39. The van der Waals surface area contributed by atoms with Gasteiger partial charge in [-0.2, -0.15) is 0 Å². The number of hydrogen-bond donors (Lipinski definition) is 1. The lowest BCUT2D eigenvalue weighted by Gasteiger charge is -2.12. The molecule has 0 amide bonds. The van der Waals surface area contributed by atoms with Gasteiger partial charge in [0.15, 0.2) is 0 Å². The van der Waals surface area contributed by atoms with E-state index in [0.717, 1.165) is 4.90 Å². The molecule has 0 aliphatic rings. The molecule has 0 nitrogen and oxygen atoms in total. The van der Waals surface area contributed by atoms with E-state index in [1.54, 1.807) is 0 Å². The molecule has 0 saturated heterocycles. The quantitative estimate of drug-likeness (QED) is 0.324. The highest BCUT2D eigenvalue weighted by Gasteiger charge is 2.09. The van der Waals surface area contributed by atoms with Gasteiger partial charge in [0.25, 0.3) is 0 Å². The van der Waals surface area contributed by atoms with E-state index in [1.807, 2.05) is 0 Å². The van der Waals surface area contributed by atoms with Crippen LogP contribution in [0.4, 0.5) is 0 Å². The summed E-state index contributed by atoms with van der Waals surface area (Å²) in [4.78, 5) is 0.989. The van der Waals surface area contributed by atoms with Crippen molar-refractivity contribution in [3.8, 4) is 11.1 Å². The lowest BCUT2D eigenvalue weighted by molar-refractivity contribution is 1.48. The van der Waals surface area contributed by atoms with E-state index in [9.17, 15) is 0 Å². The van der Waals surface area contributed by atoms with Gasteiger partial charge in [-0.05, 0) is 50.9 Å². The molecule has 4 rings (SSSR count). The molecule has 4 aromatic carbocycles. The van der Waals surface area contributed by atoms with Crippen molar-refractivity contribution in [3.63, 3.8) is 0 Å². The van der Waals surface area contributed by atoms with Crippen molar-refractivity contribution in [1.29, 1.82) is 0 Å². The fourth-order valence-electron chi connectivity index (χ4n) is 2.95. The van der Waals surface area contributed by atoms with Crippen LogP contribution in [0.1, 0.15) is 0 Å². The van der Waals surface area contributed by atoms with Gasteiger partial charge >= 0.3 is 0 Å². The highest BCUT2D eigenvalue weighted by atomic mass is 32.1. The smallest absolute Gasteiger partial charge is 0.00404 e. The first-order valence-corrected chi connectivity index (χ1v) is 7.47. The Morgan fingerprint density at radius 2 is 1.10 bits per heavy atom. The zero-order valence-corrected chi connectivity index (χ0v) is 12.3. The second-order valence-corrected chi connectivity index (χ2v) is 5.76. The van der Waals surface area contributed by atoms with E-state index in [2.05, 4.69) is 91.5 Å². The molecule has 0 atom stereocenters. The maximum Gasteiger partial charge on any atom is 0.00404 e. The summed E-state index contributed by atoms with van der Waals surface area (Å²) in [6.07, 6.45) is 0. The number of fused-ring (bicyclic) bond motifs is 2. The van der Waals surface area contributed by atoms with E-state index < -0.39 is 0 Å². The van der Waals surface area contributed by atoms with Gasteiger partial charge in [-0.1, -0.05) is 60.7 Å². The minimum atomic E-state index is 0.989. The molecule has 0 saturated carbocycles. The summed E-state index contributed by atoms with van der Waals surface area (Å²) in [5.41, 5.74) is 2.54. The van der Waals surface area contributed by atoms with E-state index in [1.165, 1.54) is 32.7 Å². The molecule has 1 heteroatoms. The van der Waals surface area contributed by atoms with Crippen LogP contribution in [-0.2, 0) is 0 Å². The molecular formula is C20H14S. The van der Waals surface area contributed by atoms with Crippen molar-refractivity contribution in [2.75, 3.05) is 0 Å². The molecule has 100 valence electrons. The Labute approximate surface area is 129 Å². The van der Waals surface area contributed by atoms with Gasteiger partial charge in [0.2, 0.25) is 0 Å². The predicted octanol–water partition coefficient (Wildman–Crippen LogP) is 5.95. The van der Waals surface area contributed by atoms with Crippen LogP contribution in [0.15, 0.2) is 83.8 Å². The monoisotopic (exact) mass is 286 g/mol. The summed E-state index contributed by atoms with van der Waals surface area (Å²) in [5, 5.41) is 5.15. The maximum absolute atomic E-state index is 4.39. The highest BCUT2D eigenvalue weighted by molar-refractivity contribution is 7.80. The average molecular weight is 286 g/mol. The summed E-state index contributed by atoms with van der Waals surface area (Å²) < 4.78 is 0. The Morgan fingerprint density at radius 3 is 1.67 bits per heavy atom. The third kappa shape index (κ3) is 2.10. The topological polar surface area (TPSA) is 0 Å². The lowest BCUT2D eigenvalue weighted by Crippen LogP contribution is -1.85. The normalized spacial score (nSPS) is 11.1. The van der Waals surface area contributed by atoms with Gasteiger partial charge in [-0.3, -0.25) is 0 Å². The van der Waals surface area contributed by atoms with Crippen molar-refractivity contribution in [3.05, 3.63) is 78.9 Å². The SMILES string of the molecule is Sc1ccc(-c2c3ccccc3cc3ccccc23)cc1. The molecule has 0 N–H and O–H groups in total. The molecule has 0 spiro atoms. The second-order valence-electron chi connectivity index (χ2n) is 5.24. The molecule has 21 heavy (non-hydrogen) atoms. The van der Waals surface area contributed by atoms with Gasteiger partial charge in [-0.15, -0.1) is 12.6 Å². The van der Waals surface area contributed by atoms with Crippen molar-refractivity contribution in [2.45, 2.75) is 4.90 Å². The molecule has 0 aromatic heterocycles. The molecule has 0 aliphatic carbocycles. The van der Waals surface area contributed by atoms with Crippen LogP contribution in [0.3, 0.4) is 0 Å². The summed E-state index contributed by atoms with van der Waals surface area (Å²) in [5.74, 6) is 0. The largest absolute Gasteiger partial charge is 0.143 e. The van der Waals surface area contributed by atoms with E-state index in [4.69, 9.17) is 0 Å². The first-order chi connectivity index (χ1) is 10.3. The lowest BCUT2D eigenvalue weighted by atomic mass is 9.92. The van der Waals surface area contributed by atoms with E-state index in [0.29, 0.717) is 0 Å². The van der Waals surface area contributed by atoms with Crippen molar-refractivity contribution in [1.82, 2.24) is 0 Å². The maximum atomic E-state index is 4.39. The third-order valence-electron chi connectivity index (χ3n) is 3.93. The first kappa shape index (κ1) is 12.5. The number of hydrogen-bond acceptors (Lipinski definition) is 1. The fraction of sp³-hybridized carbons (Fsp3) is 0. The average Bonchev–Trinajstić information content (AvgIpc) is 2.53. The van der Waals surface area contributed by atoms with E-state index >= 15 is 0 Å². The Balaban J connectivity index is 2.18. The highest BCUT2D eigenvalue weighted by Crippen LogP contribution is 2.36. The van der Waals surface area contributed by atoms with Crippen LogP contribution in [0.5, 0.6) is 0 Å². The number of benzene rings is 4. The van der Waals surface area contributed by atoms with Gasteiger partial charge < -0.3 is 0 Å². The van der Waals surface area contributed by atoms with Crippen LogP contribution >= 0.6 is 12.6 Å². The van der Waals surface area contributed by atoms with Crippen molar-refractivity contribution >= 4 is 34.2 Å². The van der Waals surface area contributed by atoms with Crippen LogP contribution < -0.4 is 0 Å². The first-order valence-electron chi connectivity index (χ1n) is 7.03. The summed E-state index contributed by atoms with van der Waals surface area (Å²) in [6.45, 7) is 0. The molecular weight excluding hydrogens is 272 g/mol. The van der Waals surface area contributed by atoms with Gasteiger partial charge in [0, 0.05) is 4.90 Å². The van der Waals surface area contributed by atoms with Crippen molar-refractivity contribution in [2.24, 2.45) is 0 Å². The fourth-order valence-corrected chi connectivity index (χ4v) is 3.10. The van der Waals surface area contributed by atoms with Crippen LogP contribution in [0.2, 0.25) is 0 Å². The zero-order chi connectivity index (χ0) is 14.2. The van der Waals surface area contributed by atoms with Crippen molar-refractivity contribution < 1.29 is 0 Å². The Hall–Kier alpha value is -2.25. The summed E-state index contributed by atoms with van der Waals surface area (Å²) in [6, 6.07) is 27.8. The van der Waals surface area contributed by atoms with Crippen LogP contribution in [0, 0.1) is 0 Å². The zero-order valence-electron chi connectivity index (χ0n) is 11.5. The molecule has 0 aliphatic heterocycles. The number of rotatable bonds is 1. The minimum Gasteiger partial charge on any atom is -0.143 e. The Bertz CT molecular complexity index is 883. The molecule has 0 heterocycles. The third-order valence-corrected chi connectivity index (χ3v) is 4.23. The molecule has 4 aromatic rings. The predicted molar refractivity (Wildman–Crippen MR) is 94.1 cm³/mol. The van der Waals surface area contributed by atoms with Crippen LogP contribution in [0.25, 0.3) is 32.7 Å². The van der Waals surface area contributed by atoms with Crippen LogP contribution in [-0.4, -0.2) is 0 Å². The minimum absolute atomic E-state index is 0.989. The Kier molecular flexibility index (Phi) is 2.94. The van der Waals surface area contributed by atoms with Gasteiger partial charge in [0.05, 0.1) is 0 Å². The Morgan fingerprint density at radius 1 is 0.571 bits per heavy atom. The van der Waals surface area contributed by atoms with Gasteiger partial charge in [-0.25, -0.2) is 0 Å². The number of thiol groups is 1. The standard InChI is InChI=1S/C20H14S/c21-17-11-9-14(10-12-17)20-18-7-3-1-5-15(18)13-16-6-2-4-8-19(16)20/h1-13,21H. The molecule has 0 radical (unpaired) electrons. The molecule has 0 fully saturated rings.